The number of benzene rings is 1. The van der Waals surface area contributed by atoms with Crippen LogP contribution in [0.1, 0.15) is 23.2 Å². The van der Waals surface area contributed by atoms with Crippen molar-refractivity contribution in [2.24, 2.45) is 5.73 Å². The highest BCUT2D eigenvalue weighted by atomic mass is 35.5. The Morgan fingerprint density at radius 2 is 1.80 bits per heavy atom. The van der Waals surface area contributed by atoms with Crippen LogP contribution < -0.4 is 5.73 Å². The second kappa shape index (κ2) is 5.14. The molecule has 0 radical (unpaired) electrons. The molecule has 0 unspecified atom stereocenters. The van der Waals surface area contributed by atoms with Gasteiger partial charge in [0.25, 0.3) is 0 Å². The first-order chi connectivity index (χ1) is 7.00. The Morgan fingerprint density at radius 3 is 2.33 bits per heavy atom. The first-order valence-corrected chi connectivity index (χ1v) is 5.03. The maximum absolute atomic E-state index is 11.5. The Balaban J connectivity index is 2.74. The summed E-state index contributed by atoms with van der Waals surface area (Å²) >= 11 is 11.4. The number of nitrogens with two attached hydrogens (primary N) is 1. The highest BCUT2D eigenvalue weighted by Gasteiger charge is 2.09. The van der Waals surface area contributed by atoms with Gasteiger partial charge in [0, 0.05) is 18.4 Å². The maximum Gasteiger partial charge on any atom is 0.217 e. The second-order valence-electron chi connectivity index (χ2n) is 3.02. The van der Waals surface area contributed by atoms with Crippen LogP contribution in [0.3, 0.4) is 0 Å². The third-order valence-corrected chi connectivity index (χ3v) is 2.58. The van der Waals surface area contributed by atoms with Gasteiger partial charge in [0.1, 0.15) is 0 Å². The molecular weight excluding hydrogens is 237 g/mol. The highest BCUT2D eigenvalue weighted by Crippen LogP contribution is 2.23. The zero-order valence-corrected chi connectivity index (χ0v) is 9.31. The van der Waals surface area contributed by atoms with Crippen molar-refractivity contribution < 1.29 is 9.59 Å². The number of hydrogen-bond donors (Lipinski definition) is 1. The van der Waals surface area contributed by atoms with Gasteiger partial charge in [-0.25, -0.2) is 0 Å². The van der Waals surface area contributed by atoms with Crippen LogP contribution in [0, 0.1) is 0 Å². The fourth-order valence-corrected chi connectivity index (χ4v) is 1.35. The summed E-state index contributed by atoms with van der Waals surface area (Å²) in [5, 5.41) is 0.713. The molecule has 0 aliphatic heterocycles. The minimum absolute atomic E-state index is 0.0408. The molecule has 15 heavy (non-hydrogen) atoms. The average molecular weight is 246 g/mol. The smallest absolute Gasteiger partial charge is 0.217 e. The van der Waals surface area contributed by atoms with E-state index in [1.807, 2.05) is 0 Å². The summed E-state index contributed by atoms with van der Waals surface area (Å²) in [5.74, 6) is -0.671. The van der Waals surface area contributed by atoms with Crippen LogP contribution in [-0.2, 0) is 4.79 Å². The van der Waals surface area contributed by atoms with Gasteiger partial charge in [0.15, 0.2) is 5.78 Å². The van der Waals surface area contributed by atoms with E-state index < -0.39 is 5.91 Å². The second-order valence-corrected chi connectivity index (χ2v) is 3.83. The van der Waals surface area contributed by atoms with Crippen molar-refractivity contribution in [3.05, 3.63) is 33.8 Å². The van der Waals surface area contributed by atoms with E-state index in [4.69, 9.17) is 28.9 Å². The molecule has 0 bridgehead atoms. The van der Waals surface area contributed by atoms with Gasteiger partial charge in [-0.3, -0.25) is 9.59 Å². The third kappa shape index (κ3) is 3.53. The molecule has 0 aliphatic carbocycles. The van der Waals surface area contributed by atoms with Gasteiger partial charge < -0.3 is 5.73 Å². The number of hydrogen-bond acceptors (Lipinski definition) is 2. The summed E-state index contributed by atoms with van der Waals surface area (Å²) < 4.78 is 0. The Kier molecular flexibility index (Phi) is 4.12. The van der Waals surface area contributed by atoms with E-state index in [1.165, 1.54) is 6.07 Å². The Hall–Kier alpha value is -1.06. The molecular formula is C10H9Cl2NO2. The van der Waals surface area contributed by atoms with E-state index in [-0.39, 0.29) is 18.6 Å². The molecule has 80 valence electrons. The molecule has 5 heteroatoms. The zero-order valence-electron chi connectivity index (χ0n) is 7.80. The number of carbonyl (C=O) groups is 2. The topological polar surface area (TPSA) is 60.2 Å². The van der Waals surface area contributed by atoms with Gasteiger partial charge in [-0.2, -0.15) is 0 Å². The molecule has 3 nitrogen and oxygen atoms in total. The number of amides is 1. The summed E-state index contributed by atoms with van der Waals surface area (Å²) in [7, 11) is 0. The number of ketones is 1. The van der Waals surface area contributed by atoms with Crippen LogP contribution in [0.15, 0.2) is 18.2 Å². The lowest BCUT2D eigenvalue weighted by atomic mass is 10.1. The van der Waals surface area contributed by atoms with E-state index in [0.29, 0.717) is 15.6 Å². The van der Waals surface area contributed by atoms with Crippen molar-refractivity contribution >= 4 is 34.9 Å². The molecule has 0 heterocycles. The van der Waals surface area contributed by atoms with Crippen LogP contribution in [0.5, 0.6) is 0 Å². The van der Waals surface area contributed by atoms with Crippen LogP contribution in [-0.4, -0.2) is 11.7 Å². The van der Waals surface area contributed by atoms with Crippen molar-refractivity contribution in [3.63, 3.8) is 0 Å². The standard InChI is InChI=1S/C10H9Cl2NO2/c11-7-2-1-6(5-8(7)12)9(14)3-4-10(13)15/h1-2,5H,3-4H2,(H2,13,15). The van der Waals surface area contributed by atoms with Crippen LogP contribution in [0.4, 0.5) is 0 Å². The number of carbonyl (C=O) groups excluding carboxylic acids is 2. The molecule has 1 aromatic rings. The summed E-state index contributed by atoms with van der Waals surface area (Å²) in [6.07, 6.45) is 0.131. The van der Waals surface area contributed by atoms with E-state index in [2.05, 4.69) is 0 Å². The molecule has 1 rings (SSSR count). The lowest BCUT2D eigenvalue weighted by Gasteiger charge is -2.01. The largest absolute Gasteiger partial charge is 0.370 e. The molecule has 2 N–H and O–H groups in total. The van der Waals surface area contributed by atoms with Crippen molar-refractivity contribution in [1.82, 2.24) is 0 Å². The van der Waals surface area contributed by atoms with Crippen LogP contribution in [0.2, 0.25) is 10.0 Å². The van der Waals surface area contributed by atoms with Gasteiger partial charge in [-0.05, 0) is 18.2 Å². The normalized spacial score (nSPS) is 10.0. The molecule has 0 fully saturated rings. The molecule has 0 aliphatic rings. The molecule has 1 aromatic carbocycles. The predicted molar refractivity (Wildman–Crippen MR) is 59.2 cm³/mol. The summed E-state index contributed by atoms with van der Waals surface area (Å²) in [5.41, 5.74) is 5.37. The first kappa shape index (κ1) is 12.0. The molecule has 0 atom stereocenters. The minimum atomic E-state index is -0.497. The quantitative estimate of drug-likeness (QED) is 0.829. The van der Waals surface area contributed by atoms with Crippen LogP contribution >= 0.6 is 23.2 Å². The Bertz CT molecular complexity index is 404. The average Bonchev–Trinajstić information content (AvgIpc) is 2.18. The Morgan fingerprint density at radius 1 is 1.13 bits per heavy atom. The molecule has 0 saturated carbocycles. The molecule has 0 aromatic heterocycles. The van der Waals surface area contributed by atoms with Crippen molar-refractivity contribution in [2.75, 3.05) is 0 Å². The van der Waals surface area contributed by atoms with Crippen molar-refractivity contribution in [3.8, 4) is 0 Å². The van der Waals surface area contributed by atoms with Gasteiger partial charge in [-0.15, -0.1) is 0 Å². The van der Waals surface area contributed by atoms with E-state index >= 15 is 0 Å². The maximum atomic E-state index is 11.5. The van der Waals surface area contributed by atoms with E-state index in [0.717, 1.165) is 0 Å². The predicted octanol–water partition coefficient (Wildman–Crippen LogP) is 2.44. The lowest BCUT2D eigenvalue weighted by molar-refractivity contribution is -0.117. The van der Waals surface area contributed by atoms with E-state index in [1.54, 1.807) is 12.1 Å². The fraction of sp³-hybridized carbons (Fsp3) is 0.200. The number of rotatable bonds is 4. The molecule has 0 spiro atoms. The van der Waals surface area contributed by atoms with Gasteiger partial charge in [-0.1, -0.05) is 23.2 Å². The van der Waals surface area contributed by atoms with Crippen molar-refractivity contribution in [2.45, 2.75) is 12.8 Å². The minimum Gasteiger partial charge on any atom is -0.370 e. The number of primary amides is 1. The van der Waals surface area contributed by atoms with Gasteiger partial charge in [0.05, 0.1) is 10.0 Å². The Labute approximate surface area is 97.2 Å². The lowest BCUT2D eigenvalue weighted by Crippen LogP contribution is -2.12. The van der Waals surface area contributed by atoms with Gasteiger partial charge >= 0.3 is 0 Å². The molecule has 1 amide bonds. The van der Waals surface area contributed by atoms with Crippen molar-refractivity contribution in [1.29, 1.82) is 0 Å². The molecule has 0 saturated heterocycles. The number of halogens is 2. The third-order valence-electron chi connectivity index (χ3n) is 1.84. The fourth-order valence-electron chi connectivity index (χ4n) is 1.05. The highest BCUT2D eigenvalue weighted by molar-refractivity contribution is 6.42. The monoisotopic (exact) mass is 245 g/mol. The van der Waals surface area contributed by atoms with Crippen LogP contribution in [0.25, 0.3) is 0 Å². The summed E-state index contributed by atoms with van der Waals surface area (Å²) in [6, 6.07) is 4.59. The SMILES string of the molecule is NC(=O)CCC(=O)c1ccc(Cl)c(Cl)c1. The number of Topliss-reactive ketones (excluding diaryl/α,β-unsaturated/α-hetero) is 1. The zero-order chi connectivity index (χ0) is 11.4. The summed E-state index contributed by atoms with van der Waals surface area (Å²) in [6.45, 7) is 0. The van der Waals surface area contributed by atoms with E-state index in [9.17, 15) is 9.59 Å². The first-order valence-electron chi connectivity index (χ1n) is 4.27. The van der Waals surface area contributed by atoms with Gasteiger partial charge in [0.2, 0.25) is 5.91 Å². The summed E-state index contributed by atoms with van der Waals surface area (Å²) in [4.78, 5) is 22.0.